The number of carbonyl (C=O) groups excluding carboxylic acids is 1. The van der Waals surface area contributed by atoms with E-state index in [1.165, 1.54) is 18.2 Å². The van der Waals surface area contributed by atoms with Crippen LogP contribution in [0.3, 0.4) is 0 Å². The number of aromatic nitrogens is 2. The van der Waals surface area contributed by atoms with Crippen molar-refractivity contribution in [1.29, 1.82) is 0 Å². The van der Waals surface area contributed by atoms with Gasteiger partial charge in [-0.05, 0) is 30.3 Å². The van der Waals surface area contributed by atoms with Crippen LogP contribution >= 0.6 is 0 Å². The van der Waals surface area contributed by atoms with Crippen molar-refractivity contribution in [3.63, 3.8) is 0 Å². The molecule has 0 spiro atoms. The van der Waals surface area contributed by atoms with E-state index in [9.17, 15) is 13.6 Å². The summed E-state index contributed by atoms with van der Waals surface area (Å²) in [5.41, 5.74) is 0.900. The summed E-state index contributed by atoms with van der Waals surface area (Å²) in [5.74, 6) is -0.197. The molecule has 29 heavy (non-hydrogen) atoms. The molecule has 1 fully saturated rings. The number of hydrogen-bond donors (Lipinski definition) is 1. The van der Waals surface area contributed by atoms with Gasteiger partial charge in [0.05, 0.1) is 12.2 Å². The van der Waals surface area contributed by atoms with Gasteiger partial charge >= 0.3 is 0 Å². The first kappa shape index (κ1) is 19.1. The molecule has 1 aromatic heterocycles. The first-order valence-electron chi connectivity index (χ1n) is 9.41. The van der Waals surface area contributed by atoms with Gasteiger partial charge in [-0.15, -0.1) is 0 Å². The molecule has 6 nitrogen and oxygen atoms in total. The quantitative estimate of drug-likeness (QED) is 0.719. The fraction of sp³-hybridized carbons (Fsp3) is 0.238. The van der Waals surface area contributed by atoms with E-state index >= 15 is 0 Å². The second-order valence-electron chi connectivity index (χ2n) is 6.87. The topological polar surface area (TPSA) is 53.4 Å². The predicted octanol–water partition coefficient (Wildman–Crippen LogP) is 2.91. The zero-order valence-electron chi connectivity index (χ0n) is 15.8. The minimum absolute atomic E-state index is 0.183. The van der Waals surface area contributed by atoms with Crippen LogP contribution in [0.5, 0.6) is 0 Å². The van der Waals surface area contributed by atoms with Gasteiger partial charge in [-0.25, -0.2) is 13.8 Å². The maximum atomic E-state index is 14.2. The molecule has 1 N–H and O–H groups in total. The molecule has 4 rings (SSSR count). The number of halogens is 2. The first-order chi connectivity index (χ1) is 14.1. The van der Waals surface area contributed by atoms with Gasteiger partial charge in [0, 0.05) is 44.3 Å². The summed E-state index contributed by atoms with van der Waals surface area (Å²) in [6, 6.07) is 12.4. The van der Waals surface area contributed by atoms with Gasteiger partial charge in [0.15, 0.2) is 0 Å². The largest absolute Gasteiger partial charge is 0.339 e. The monoisotopic (exact) mass is 397 g/mol. The average Bonchev–Trinajstić information content (AvgIpc) is 3.18. The average molecular weight is 397 g/mol. The molecule has 1 saturated heterocycles. The third kappa shape index (κ3) is 4.43. The lowest BCUT2D eigenvalue weighted by Gasteiger charge is -2.35. The lowest BCUT2D eigenvalue weighted by atomic mass is 10.3. The number of para-hydroxylation sites is 1. The number of anilines is 2. The van der Waals surface area contributed by atoms with E-state index in [-0.39, 0.29) is 24.1 Å². The Kier molecular flexibility index (Phi) is 5.53. The molecular weight excluding hydrogens is 376 g/mol. The number of carbonyl (C=O) groups is 1. The van der Waals surface area contributed by atoms with Crippen LogP contribution in [0.15, 0.2) is 60.9 Å². The van der Waals surface area contributed by atoms with Gasteiger partial charge in [0.1, 0.15) is 11.6 Å². The van der Waals surface area contributed by atoms with Crippen molar-refractivity contribution in [2.45, 2.75) is 0 Å². The van der Waals surface area contributed by atoms with Crippen LogP contribution in [0.1, 0.15) is 0 Å². The van der Waals surface area contributed by atoms with Crippen molar-refractivity contribution in [3.05, 3.63) is 72.6 Å². The summed E-state index contributed by atoms with van der Waals surface area (Å²) >= 11 is 0. The molecule has 2 heterocycles. The lowest BCUT2D eigenvalue weighted by Crippen LogP contribution is -2.49. The number of benzene rings is 2. The van der Waals surface area contributed by atoms with Crippen LogP contribution in [0.2, 0.25) is 0 Å². The van der Waals surface area contributed by atoms with Gasteiger partial charge in [0.2, 0.25) is 11.9 Å². The Morgan fingerprint density at radius 1 is 1.03 bits per heavy atom. The summed E-state index contributed by atoms with van der Waals surface area (Å²) in [5, 5.41) is 2.71. The molecule has 1 aliphatic rings. The highest BCUT2D eigenvalue weighted by Gasteiger charge is 2.22. The standard InChI is InChI=1S/C21H21F2N5O/c22-16-4-3-5-17(14-16)25-20(29)15-26-10-12-27(13-11-26)21-24-8-9-28(21)19-7-2-1-6-18(19)23/h1-9,14H,10-13,15H2,(H,25,29). The number of hydrogen-bond acceptors (Lipinski definition) is 4. The highest BCUT2D eigenvalue weighted by Crippen LogP contribution is 2.21. The van der Waals surface area contributed by atoms with Gasteiger partial charge in [-0.2, -0.15) is 0 Å². The molecule has 0 aliphatic carbocycles. The molecule has 0 radical (unpaired) electrons. The van der Waals surface area contributed by atoms with Crippen molar-refractivity contribution in [2.24, 2.45) is 0 Å². The zero-order chi connectivity index (χ0) is 20.2. The summed E-state index contributed by atoms with van der Waals surface area (Å²) in [6.45, 7) is 2.89. The second-order valence-corrected chi connectivity index (χ2v) is 6.87. The Labute approximate surface area is 167 Å². The zero-order valence-corrected chi connectivity index (χ0v) is 15.8. The molecule has 0 saturated carbocycles. The SMILES string of the molecule is O=C(CN1CCN(c2nccn2-c2ccccc2F)CC1)Nc1cccc(F)c1. The van der Waals surface area contributed by atoms with Crippen LogP contribution in [-0.4, -0.2) is 53.1 Å². The number of imidazole rings is 1. The first-order valence-corrected chi connectivity index (χ1v) is 9.41. The molecule has 0 bridgehead atoms. The molecule has 0 atom stereocenters. The molecule has 0 unspecified atom stereocenters. The summed E-state index contributed by atoms with van der Waals surface area (Å²) in [6.07, 6.45) is 3.40. The summed E-state index contributed by atoms with van der Waals surface area (Å²) < 4.78 is 29.1. The smallest absolute Gasteiger partial charge is 0.238 e. The molecule has 150 valence electrons. The number of nitrogens with zero attached hydrogens (tertiary/aromatic N) is 4. The van der Waals surface area contributed by atoms with Gasteiger partial charge in [-0.1, -0.05) is 18.2 Å². The van der Waals surface area contributed by atoms with Gasteiger partial charge in [0.25, 0.3) is 0 Å². The highest BCUT2D eigenvalue weighted by atomic mass is 19.1. The van der Waals surface area contributed by atoms with Crippen LogP contribution in [0.25, 0.3) is 5.69 Å². The van der Waals surface area contributed by atoms with Gasteiger partial charge < -0.3 is 10.2 Å². The van der Waals surface area contributed by atoms with Crippen LogP contribution in [-0.2, 0) is 4.79 Å². The lowest BCUT2D eigenvalue weighted by molar-refractivity contribution is -0.117. The molecule has 8 heteroatoms. The third-order valence-electron chi connectivity index (χ3n) is 4.86. The predicted molar refractivity (Wildman–Crippen MR) is 107 cm³/mol. The molecule has 3 aromatic rings. The number of amides is 1. The fourth-order valence-corrected chi connectivity index (χ4v) is 3.44. The Balaban J connectivity index is 1.35. The van der Waals surface area contributed by atoms with E-state index in [4.69, 9.17) is 0 Å². The second kappa shape index (κ2) is 8.40. The number of piperazine rings is 1. The van der Waals surface area contributed by atoms with E-state index in [2.05, 4.69) is 15.2 Å². The maximum Gasteiger partial charge on any atom is 0.238 e. The number of rotatable bonds is 5. The highest BCUT2D eigenvalue weighted by molar-refractivity contribution is 5.92. The van der Waals surface area contributed by atoms with Gasteiger partial charge in [-0.3, -0.25) is 14.3 Å². The minimum Gasteiger partial charge on any atom is -0.339 e. The van der Waals surface area contributed by atoms with Crippen molar-refractivity contribution >= 4 is 17.5 Å². The van der Waals surface area contributed by atoms with Crippen molar-refractivity contribution in [1.82, 2.24) is 14.5 Å². The molecule has 1 amide bonds. The molecular formula is C21H21F2N5O. The van der Waals surface area contributed by atoms with E-state index < -0.39 is 0 Å². The Bertz CT molecular complexity index is 998. The van der Waals surface area contributed by atoms with Crippen LogP contribution in [0.4, 0.5) is 20.4 Å². The van der Waals surface area contributed by atoms with Crippen LogP contribution < -0.4 is 10.2 Å². The normalized spacial score (nSPS) is 14.8. The molecule has 1 aliphatic heterocycles. The number of nitrogens with one attached hydrogen (secondary N) is 1. The van der Waals surface area contributed by atoms with E-state index in [0.717, 1.165) is 0 Å². The molecule has 2 aromatic carbocycles. The Hall–Kier alpha value is -3.26. The minimum atomic E-state index is -0.387. The summed E-state index contributed by atoms with van der Waals surface area (Å²) in [7, 11) is 0. The third-order valence-corrected chi connectivity index (χ3v) is 4.86. The maximum absolute atomic E-state index is 14.2. The van der Waals surface area contributed by atoms with Crippen LogP contribution in [0, 0.1) is 11.6 Å². The van der Waals surface area contributed by atoms with Crippen molar-refractivity contribution < 1.29 is 13.6 Å². The fourth-order valence-electron chi connectivity index (χ4n) is 3.44. The van der Waals surface area contributed by atoms with E-state index in [0.29, 0.717) is 43.5 Å². The Morgan fingerprint density at radius 3 is 2.59 bits per heavy atom. The van der Waals surface area contributed by atoms with E-state index in [1.807, 2.05) is 4.90 Å². The summed E-state index contributed by atoms with van der Waals surface area (Å²) in [4.78, 5) is 20.7. The Morgan fingerprint density at radius 2 is 1.83 bits per heavy atom. The van der Waals surface area contributed by atoms with E-state index in [1.54, 1.807) is 47.3 Å². The van der Waals surface area contributed by atoms with Crippen molar-refractivity contribution in [2.75, 3.05) is 42.9 Å². The van der Waals surface area contributed by atoms with Crippen molar-refractivity contribution in [3.8, 4) is 5.69 Å².